The highest BCUT2D eigenvalue weighted by atomic mass is 16.5. The Labute approximate surface area is 197 Å². The first kappa shape index (κ1) is 23.3. The second-order valence-corrected chi connectivity index (χ2v) is 9.74. The van der Waals surface area contributed by atoms with Crippen molar-refractivity contribution in [1.29, 1.82) is 0 Å². The fourth-order valence-electron chi connectivity index (χ4n) is 4.93. The number of nitrogens with zero attached hydrogens (tertiary/aromatic N) is 1. The fourth-order valence-corrected chi connectivity index (χ4v) is 4.93. The largest absolute Gasteiger partial charge is 0.497 e. The molecular weight excluding hydrogens is 408 g/mol. The number of rotatable bonds is 10. The van der Waals surface area contributed by atoms with Crippen molar-refractivity contribution in [2.45, 2.75) is 71.3 Å². The summed E-state index contributed by atoms with van der Waals surface area (Å²) in [7, 11) is 1.68. The van der Waals surface area contributed by atoms with Crippen LogP contribution >= 0.6 is 0 Å². The molecule has 1 fully saturated rings. The molecule has 0 spiro atoms. The van der Waals surface area contributed by atoms with Crippen molar-refractivity contribution < 1.29 is 9.53 Å². The molecule has 174 valence electrons. The SMILES string of the molecule is CCC[C@H](C)CCCc1ccc(C)c(C(=O)NC2(c3cc(OC)cc4cnccc34)CC2)c1. The van der Waals surface area contributed by atoms with Gasteiger partial charge in [-0.2, -0.15) is 0 Å². The van der Waals surface area contributed by atoms with Gasteiger partial charge in [-0.1, -0.05) is 45.2 Å². The molecule has 1 N–H and O–H groups in total. The predicted molar refractivity (Wildman–Crippen MR) is 135 cm³/mol. The van der Waals surface area contributed by atoms with E-state index in [-0.39, 0.29) is 11.4 Å². The average Bonchev–Trinajstić information content (AvgIpc) is 3.59. The zero-order valence-corrected chi connectivity index (χ0v) is 20.4. The van der Waals surface area contributed by atoms with E-state index in [9.17, 15) is 4.79 Å². The Bertz CT molecular complexity index is 1130. The fraction of sp³-hybridized carbons (Fsp3) is 0.448. The first-order chi connectivity index (χ1) is 16.0. The summed E-state index contributed by atoms with van der Waals surface area (Å²) >= 11 is 0. The van der Waals surface area contributed by atoms with Crippen molar-refractivity contribution in [3.05, 3.63) is 71.0 Å². The lowest BCUT2D eigenvalue weighted by Crippen LogP contribution is -2.35. The van der Waals surface area contributed by atoms with E-state index >= 15 is 0 Å². The maximum Gasteiger partial charge on any atom is 0.252 e. The summed E-state index contributed by atoms with van der Waals surface area (Å²) < 4.78 is 5.54. The van der Waals surface area contributed by atoms with E-state index in [1.54, 1.807) is 7.11 Å². The molecule has 1 amide bonds. The van der Waals surface area contributed by atoms with Gasteiger partial charge in [0.25, 0.3) is 5.91 Å². The molecule has 1 aliphatic carbocycles. The summed E-state index contributed by atoms with van der Waals surface area (Å²) in [4.78, 5) is 17.7. The van der Waals surface area contributed by atoms with Gasteiger partial charge in [-0.25, -0.2) is 0 Å². The van der Waals surface area contributed by atoms with Gasteiger partial charge >= 0.3 is 0 Å². The van der Waals surface area contributed by atoms with E-state index in [0.29, 0.717) is 0 Å². The molecule has 0 saturated heterocycles. The van der Waals surface area contributed by atoms with E-state index < -0.39 is 0 Å². The Balaban J connectivity index is 1.54. The van der Waals surface area contributed by atoms with Crippen molar-refractivity contribution in [2.75, 3.05) is 7.11 Å². The molecule has 1 atom stereocenters. The normalized spacial score (nSPS) is 15.3. The Morgan fingerprint density at radius 3 is 2.73 bits per heavy atom. The third-order valence-electron chi connectivity index (χ3n) is 7.07. The molecule has 0 aliphatic heterocycles. The van der Waals surface area contributed by atoms with E-state index in [1.807, 2.05) is 31.5 Å². The van der Waals surface area contributed by atoms with E-state index in [0.717, 1.165) is 58.4 Å². The number of carbonyl (C=O) groups is 1. The topological polar surface area (TPSA) is 51.2 Å². The molecule has 33 heavy (non-hydrogen) atoms. The van der Waals surface area contributed by atoms with Crippen LogP contribution in [0, 0.1) is 12.8 Å². The molecule has 1 saturated carbocycles. The van der Waals surface area contributed by atoms with Gasteiger partial charge in [-0.3, -0.25) is 9.78 Å². The quantitative estimate of drug-likeness (QED) is 0.377. The number of hydrogen-bond donors (Lipinski definition) is 1. The van der Waals surface area contributed by atoms with Crippen LogP contribution < -0.4 is 10.1 Å². The number of methoxy groups -OCH3 is 1. The van der Waals surface area contributed by atoms with Crippen molar-refractivity contribution in [2.24, 2.45) is 5.92 Å². The molecule has 0 bridgehead atoms. The molecule has 4 heteroatoms. The Hall–Kier alpha value is -2.88. The van der Waals surface area contributed by atoms with Gasteiger partial charge in [-0.15, -0.1) is 0 Å². The lowest BCUT2D eigenvalue weighted by molar-refractivity contribution is 0.0930. The summed E-state index contributed by atoms with van der Waals surface area (Å²) in [6.07, 6.45) is 11.5. The number of ether oxygens (including phenoxy) is 1. The van der Waals surface area contributed by atoms with Crippen molar-refractivity contribution in [3.8, 4) is 5.75 Å². The maximum atomic E-state index is 13.4. The van der Waals surface area contributed by atoms with Gasteiger partial charge in [0.05, 0.1) is 12.6 Å². The third-order valence-corrected chi connectivity index (χ3v) is 7.07. The van der Waals surface area contributed by atoms with Crippen LogP contribution in [0.3, 0.4) is 0 Å². The molecule has 3 aromatic rings. The van der Waals surface area contributed by atoms with Crippen molar-refractivity contribution in [1.82, 2.24) is 10.3 Å². The summed E-state index contributed by atoms with van der Waals surface area (Å²) in [6, 6.07) is 12.5. The Kier molecular flexibility index (Phi) is 7.02. The average molecular weight is 445 g/mol. The molecule has 1 aliphatic rings. The molecule has 0 radical (unpaired) electrons. The number of hydrogen-bond acceptors (Lipinski definition) is 3. The predicted octanol–water partition coefficient (Wildman–Crippen LogP) is 6.73. The molecule has 1 heterocycles. The number of benzene rings is 2. The summed E-state index contributed by atoms with van der Waals surface area (Å²) in [5, 5.41) is 5.54. The van der Waals surface area contributed by atoms with Crippen LogP contribution in [0.25, 0.3) is 10.8 Å². The number of pyridine rings is 1. The van der Waals surface area contributed by atoms with Crippen LogP contribution in [0.4, 0.5) is 0 Å². The minimum absolute atomic E-state index is 0.0104. The smallest absolute Gasteiger partial charge is 0.252 e. The van der Waals surface area contributed by atoms with Gasteiger partial charge in [0, 0.05) is 23.3 Å². The summed E-state index contributed by atoms with van der Waals surface area (Å²) in [5.41, 5.74) is 3.83. The van der Waals surface area contributed by atoms with Crippen LogP contribution in [0.2, 0.25) is 0 Å². The number of amides is 1. The third kappa shape index (κ3) is 5.21. The lowest BCUT2D eigenvalue weighted by Gasteiger charge is -2.22. The van der Waals surface area contributed by atoms with Crippen LogP contribution in [0.5, 0.6) is 5.75 Å². The highest BCUT2D eigenvalue weighted by Gasteiger charge is 2.47. The summed E-state index contributed by atoms with van der Waals surface area (Å²) in [6.45, 7) is 6.61. The van der Waals surface area contributed by atoms with Crippen molar-refractivity contribution in [3.63, 3.8) is 0 Å². The first-order valence-corrected chi connectivity index (χ1v) is 12.3. The lowest BCUT2D eigenvalue weighted by atomic mass is 9.95. The Morgan fingerprint density at radius 1 is 1.18 bits per heavy atom. The van der Waals surface area contributed by atoms with Gasteiger partial charge in [0.2, 0.25) is 0 Å². The minimum Gasteiger partial charge on any atom is -0.497 e. The van der Waals surface area contributed by atoms with Crippen LogP contribution in [-0.4, -0.2) is 18.0 Å². The van der Waals surface area contributed by atoms with E-state index in [2.05, 4.69) is 48.4 Å². The zero-order valence-electron chi connectivity index (χ0n) is 20.4. The van der Waals surface area contributed by atoms with E-state index in [4.69, 9.17) is 4.74 Å². The van der Waals surface area contributed by atoms with Gasteiger partial charge in [0.1, 0.15) is 5.75 Å². The standard InChI is InChI=1S/C29H36N2O2/c1-5-7-20(2)8-6-9-22-11-10-21(3)26(16-22)28(32)31-29(13-14-29)27-18-24(33-4)17-23-19-30-15-12-25(23)27/h10-12,15-20H,5-9,13-14H2,1-4H3,(H,31,32)/t20-/m0/s1. The summed E-state index contributed by atoms with van der Waals surface area (Å²) in [5.74, 6) is 1.57. The van der Waals surface area contributed by atoms with Gasteiger partial charge in [0.15, 0.2) is 0 Å². The zero-order chi connectivity index (χ0) is 23.4. The molecular formula is C29H36N2O2. The number of aryl methyl sites for hydroxylation is 2. The highest BCUT2D eigenvalue weighted by molar-refractivity contribution is 5.97. The molecule has 0 unspecified atom stereocenters. The first-order valence-electron chi connectivity index (χ1n) is 12.3. The van der Waals surface area contributed by atoms with Gasteiger partial charge in [-0.05, 0) is 84.9 Å². The molecule has 2 aromatic carbocycles. The molecule has 1 aromatic heterocycles. The van der Waals surface area contributed by atoms with Crippen molar-refractivity contribution >= 4 is 16.7 Å². The molecule has 4 nitrogen and oxygen atoms in total. The number of carbonyl (C=O) groups excluding carboxylic acids is 1. The number of aromatic nitrogens is 1. The van der Waals surface area contributed by atoms with Gasteiger partial charge < -0.3 is 10.1 Å². The van der Waals surface area contributed by atoms with E-state index in [1.165, 1.54) is 31.2 Å². The highest BCUT2D eigenvalue weighted by Crippen LogP contribution is 2.49. The van der Waals surface area contributed by atoms with Crippen LogP contribution in [0.1, 0.15) is 79.4 Å². The Morgan fingerprint density at radius 2 is 2.00 bits per heavy atom. The number of fused-ring (bicyclic) bond motifs is 1. The second kappa shape index (κ2) is 9.94. The van der Waals surface area contributed by atoms with Crippen LogP contribution in [0.15, 0.2) is 48.8 Å². The molecule has 4 rings (SSSR count). The second-order valence-electron chi connectivity index (χ2n) is 9.74. The number of nitrogens with one attached hydrogen (secondary N) is 1. The maximum absolute atomic E-state index is 13.4. The monoisotopic (exact) mass is 444 g/mol. The van der Waals surface area contributed by atoms with Crippen LogP contribution in [-0.2, 0) is 12.0 Å². The minimum atomic E-state index is -0.344.